The fourth-order valence-electron chi connectivity index (χ4n) is 2.77. The molecule has 0 atom stereocenters. The Morgan fingerprint density at radius 1 is 1.08 bits per heavy atom. The van der Waals surface area contributed by atoms with E-state index in [-0.39, 0.29) is 11.2 Å². The zero-order chi connectivity index (χ0) is 8.79. The van der Waals surface area contributed by atoms with Gasteiger partial charge in [0.25, 0.3) is 0 Å². The molecular weight excluding hydrogens is 164 g/mol. The van der Waals surface area contributed by atoms with Gasteiger partial charge in [0.05, 0.1) is 0 Å². The highest BCUT2D eigenvalue weighted by Gasteiger charge is 3.09. The summed E-state index contributed by atoms with van der Waals surface area (Å²) in [5.74, 6) is 2.71. The first-order chi connectivity index (χ1) is 6.28. The van der Waals surface area contributed by atoms with E-state index in [1.54, 1.807) is 0 Å². The first kappa shape index (κ1) is 6.19. The molecule has 0 unspecified atom stereocenters. The third-order valence-electron chi connectivity index (χ3n) is 3.93. The highest BCUT2D eigenvalue weighted by Crippen LogP contribution is 3.08. The molecule has 2 nitrogen and oxygen atoms in total. The fourth-order valence-corrected chi connectivity index (χ4v) is 2.77. The van der Waals surface area contributed by atoms with E-state index in [0.29, 0.717) is 5.41 Å². The van der Waals surface area contributed by atoms with Crippen LogP contribution in [0.4, 0.5) is 0 Å². The van der Waals surface area contributed by atoms with Crippen molar-refractivity contribution in [1.82, 2.24) is 0 Å². The van der Waals surface area contributed by atoms with Gasteiger partial charge in [0.15, 0.2) is 5.75 Å². The summed E-state index contributed by atoms with van der Waals surface area (Å²) in [5.41, 5.74) is 1.47. The first-order valence-electron chi connectivity index (χ1n) is 4.62. The Balaban J connectivity index is 1.93. The third kappa shape index (κ3) is 0.488. The van der Waals surface area contributed by atoms with Crippen LogP contribution in [0, 0.1) is 17.8 Å². The van der Waals surface area contributed by atoms with Gasteiger partial charge >= 0.3 is 0 Å². The van der Waals surface area contributed by atoms with Gasteiger partial charge in [-0.2, -0.15) is 0 Å². The monoisotopic (exact) mass is 172 g/mol. The Morgan fingerprint density at radius 3 is 2.31 bits per heavy atom. The molecule has 0 aliphatic heterocycles. The van der Waals surface area contributed by atoms with Gasteiger partial charge in [-0.05, 0) is 35.4 Å². The number of hydrogen-bond acceptors (Lipinski definition) is 2. The van der Waals surface area contributed by atoms with Crippen molar-refractivity contribution < 1.29 is 5.11 Å². The highest BCUT2D eigenvalue weighted by molar-refractivity contribution is 5.68. The molecule has 4 aliphatic rings. The number of aromatic hydroxyl groups is 1. The Morgan fingerprint density at radius 2 is 1.69 bits per heavy atom. The standard InChI is InChI=1S/C11H8O2/c12-6-3-1-5(2-4-7(6)13)11-8-9(11)10(8)11/h1-4,8-10H,(H,12,13). The minimum Gasteiger partial charge on any atom is -0.504 e. The molecule has 4 fully saturated rings. The van der Waals surface area contributed by atoms with Gasteiger partial charge in [-0.25, -0.2) is 0 Å². The van der Waals surface area contributed by atoms with Gasteiger partial charge in [-0.1, -0.05) is 12.1 Å². The minimum absolute atomic E-state index is 0.143. The molecule has 0 saturated heterocycles. The second kappa shape index (κ2) is 1.41. The van der Waals surface area contributed by atoms with Crippen molar-refractivity contribution in [3.8, 4) is 5.75 Å². The first-order valence-corrected chi connectivity index (χ1v) is 4.62. The van der Waals surface area contributed by atoms with Gasteiger partial charge in [-0.15, -0.1) is 0 Å². The maximum atomic E-state index is 11.1. The van der Waals surface area contributed by atoms with Crippen molar-refractivity contribution >= 4 is 0 Å². The lowest BCUT2D eigenvalue weighted by Gasteiger charge is -1.88. The molecule has 0 amide bonds. The van der Waals surface area contributed by atoms with Crippen molar-refractivity contribution in [3.63, 3.8) is 0 Å². The second-order valence-electron chi connectivity index (χ2n) is 4.38. The van der Waals surface area contributed by atoms with Crippen molar-refractivity contribution in [2.24, 2.45) is 17.8 Å². The normalized spacial score (nSPS) is 46.6. The maximum Gasteiger partial charge on any atom is 0.220 e. The summed E-state index contributed by atoms with van der Waals surface area (Å²) in [6.07, 6.45) is 0. The average Bonchev–Trinajstić information content (AvgIpc) is 2.95. The van der Waals surface area contributed by atoms with E-state index < -0.39 is 0 Å². The van der Waals surface area contributed by atoms with Crippen LogP contribution in [-0.4, -0.2) is 5.11 Å². The summed E-state index contributed by atoms with van der Waals surface area (Å²) >= 11 is 0. The molecule has 13 heavy (non-hydrogen) atoms. The van der Waals surface area contributed by atoms with Crippen LogP contribution in [0.15, 0.2) is 29.1 Å². The van der Waals surface area contributed by atoms with Gasteiger partial charge in [0.1, 0.15) is 0 Å². The van der Waals surface area contributed by atoms with Crippen LogP contribution in [0.25, 0.3) is 0 Å². The van der Waals surface area contributed by atoms with E-state index >= 15 is 0 Å². The van der Waals surface area contributed by atoms with E-state index in [1.807, 2.05) is 12.1 Å². The molecule has 4 aliphatic carbocycles. The Kier molecular flexibility index (Phi) is 0.671. The highest BCUT2D eigenvalue weighted by atomic mass is 16.3. The van der Waals surface area contributed by atoms with E-state index in [1.165, 1.54) is 17.7 Å². The Hall–Kier alpha value is -1.31. The molecular formula is C11H8O2. The summed E-state index contributed by atoms with van der Waals surface area (Å²) in [7, 11) is 0. The summed E-state index contributed by atoms with van der Waals surface area (Å²) in [6.45, 7) is 0. The van der Waals surface area contributed by atoms with Crippen LogP contribution in [0.5, 0.6) is 5.75 Å². The van der Waals surface area contributed by atoms with Gasteiger partial charge in [-0.3, -0.25) is 4.79 Å². The van der Waals surface area contributed by atoms with E-state index in [0.717, 1.165) is 17.8 Å². The molecule has 4 saturated carbocycles. The van der Waals surface area contributed by atoms with E-state index in [9.17, 15) is 9.90 Å². The van der Waals surface area contributed by atoms with Crippen molar-refractivity contribution in [1.29, 1.82) is 0 Å². The largest absolute Gasteiger partial charge is 0.504 e. The zero-order valence-corrected chi connectivity index (χ0v) is 6.90. The summed E-state index contributed by atoms with van der Waals surface area (Å²) in [4.78, 5) is 11.1. The lowest BCUT2D eigenvalue weighted by molar-refractivity contribution is 0.471. The topological polar surface area (TPSA) is 37.3 Å². The molecule has 1 N–H and O–H groups in total. The predicted molar refractivity (Wildman–Crippen MR) is 46.5 cm³/mol. The van der Waals surface area contributed by atoms with Crippen LogP contribution < -0.4 is 5.43 Å². The van der Waals surface area contributed by atoms with Crippen LogP contribution >= 0.6 is 0 Å². The van der Waals surface area contributed by atoms with Gasteiger partial charge in [0.2, 0.25) is 5.43 Å². The van der Waals surface area contributed by atoms with Crippen LogP contribution in [0.2, 0.25) is 0 Å². The second-order valence-corrected chi connectivity index (χ2v) is 4.38. The van der Waals surface area contributed by atoms with Crippen molar-refractivity contribution in [2.45, 2.75) is 5.41 Å². The molecule has 1 aromatic rings. The third-order valence-corrected chi connectivity index (χ3v) is 3.93. The zero-order valence-electron chi connectivity index (χ0n) is 6.90. The predicted octanol–water partition coefficient (Wildman–Crippen LogP) is 0.880. The summed E-state index contributed by atoms with van der Waals surface area (Å²) in [6, 6.07) is 6.78. The lowest BCUT2D eigenvalue weighted by Crippen LogP contribution is -1.91. The van der Waals surface area contributed by atoms with Gasteiger partial charge < -0.3 is 5.11 Å². The molecule has 0 aromatic heterocycles. The SMILES string of the molecule is O=c1ccc(C23C4C2C43)ccc1O. The smallest absolute Gasteiger partial charge is 0.220 e. The van der Waals surface area contributed by atoms with Gasteiger partial charge in [0, 0.05) is 5.41 Å². The molecule has 0 bridgehead atoms. The fraction of sp³-hybridized carbons (Fsp3) is 0.364. The Bertz CT molecular complexity index is 464. The van der Waals surface area contributed by atoms with Crippen molar-refractivity contribution in [3.05, 3.63) is 40.1 Å². The molecule has 64 valence electrons. The molecule has 2 heteroatoms. The lowest BCUT2D eigenvalue weighted by atomic mass is 10.2. The summed E-state index contributed by atoms with van der Waals surface area (Å²) < 4.78 is 0. The molecule has 5 rings (SSSR count). The Labute approximate surface area is 74.8 Å². The molecule has 0 heterocycles. The minimum atomic E-state index is -0.282. The number of rotatable bonds is 1. The quantitative estimate of drug-likeness (QED) is 0.682. The molecule has 0 radical (unpaired) electrons. The maximum absolute atomic E-state index is 11.1. The molecule has 1 aromatic carbocycles. The van der Waals surface area contributed by atoms with E-state index in [2.05, 4.69) is 0 Å². The van der Waals surface area contributed by atoms with Crippen LogP contribution in [0.3, 0.4) is 0 Å². The average molecular weight is 172 g/mol. The summed E-state index contributed by atoms with van der Waals surface area (Å²) in [5, 5.41) is 9.20. The van der Waals surface area contributed by atoms with Crippen LogP contribution in [-0.2, 0) is 5.41 Å². The van der Waals surface area contributed by atoms with Crippen LogP contribution in [0.1, 0.15) is 5.56 Å². The van der Waals surface area contributed by atoms with E-state index in [4.69, 9.17) is 0 Å². The number of hydrogen-bond donors (Lipinski definition) is 1. The van der Waals surface area contributed by atoms with Crippen molar-refractivity contribution in [2.75, 3.05) is 0 Å². The molecule has 0 spiro atoms.